The first-order valence-electron chi connectivity index (χ1n) is 11.5. The fourth-order valence-corrected chi connectivity index (χ4v) is 4.48. The quantitative estimate of drug-likeness (QED) is 0.342. The zero-order valence-electron chi connectivity index (χ0n) is 19.5. The third-order valence-corrected chi connectivity index (χ3v) is 6.45. The molecule has 1 atom stereocenters. The normalized spacial score (nSPS) is 15.9. The highest BCUT2D eigenvalue weighted by molar-refractivity contribution is 6.30. The van der Waals surface area contributed by atoms with Gasteiger partial charge in [-0.05, 0) is 49.6 Å². The number of hydrogen-bond donors (Lipinski definition) is 1. The molecule has 1 aromatic heterocycles. The molecule has 0 bridgehead atoms. The lowest BCUT2D eigenvalue weighted by molar-refractivity contribution is 0.205. The molecule has 7 heteroatoms. The van der Waals surface area contributed by atoms with Gasteiger partial charge in [-0.25, -0.2) is 4.79 Å². The van der Waals surface area contributed by atoms with Crippen LogP contribution in [0.2, 0.25) is 5.02 Å². The number of benzene rings is 3. The highest BCUT2D eigenvalue weighted by atomic mass is 35.5. The van der Waals surface area contributed by atoms with Crippen molar-refractivity contribution in [1.29, 1.82) is 0 Å². The molecule has 2 amide bonds. The van der Waals surface area contributed by atoms with Crippen LogP contribution in [0.25, 0.3) is 17.0 Å². The molecular weight excluding hydrogens is 460 g/mol. The van der Waals surface area contributed by atoms with Crippen LogP contribution in [0.15, 0.2) is 89.1 Å². The van der Waals surface area contributed by atoms with Gasteiger partial charge in [0, 0.05) is 22.8 Å². The van der Waals surface area contributed by atoms with Crippen LogP contribution < -0.4 is 5.32 Å². The summed E-state index contributed by atoms with van der Waals surface area (Å²) in [5, 5.41) is 8.01. The summed E-state index contributed by atoms with van der Waals surface area (Å²) in [5.41, 5.74) is 5.59. The Morgan fingerprint density at radius 2 is 1.77 bits per heavy atom. The molecule has 1 aliphatic heterocycles. The zero-order valence-corrected chi connectivity index (χ0v) is 20.3. The number of halogens is 1. The number of nitrogens with one attached hydrogen (secondary N) is 1. The van der Waals surface area contributed by atoms with Crippen molar-refractivity contribution in [2.75, 3.05) is 6.54 Å². The van der Waals surface area contributed by atoms with Crippen molar-refractivity contribution in [3.8, 4) is 11.4 Å². The van der Waals surface area contributed by atoms with E-state index in [1.165, 1.54) is 0 Å². The zero-order chi connectivity index (χ0) is 24.4. The van der Waals surface area contributed by atoms with Gasteiger partial charge >= 0.3 is 6.03 Å². The molecule has 0 aliphatic carbocycles. The van der Waals surface area contributed by atoms with Crippen LogP contribution in [-0.4, -0.2) is 27.6 Å². The van der Waals surface area contributed by atoms with Gasteiger partial charge in [0.1, 0.15) is 0 Å². The molecular formula is C28H25ClN4O2. The van der Waals surface area contributed by atoms with E-state index < -0.39 is 6.04 Å². The van der Waals surface area contributed by atoms with Crippen molar-refractivity contribution < 1.29 is 9.32 Å². The third-order valence-electron chi connectivity index (χ3n) is 6.20. The smallest absolute Gasteiger partial charge is 0.322 e. The molecule has 1 N–H and O–H groups in total. The van der Waals surface area contributed by atoms with Crippen molar-refractivity contribution in [3.63, 3.8) is 0 Å². The number of aromatic nitrogens is 2. The second kappa shape index (κ2) is 9.76. The Morgan fingerprint density at radius 3 is 2.51 bits per heavy atom. The van der Waals surface area contributed by atoms with Crippen molar-refractivity contribution >= 4 is 23.2 Å². The van der Waals surface area contributed by atoms with E-state index in [1.807, 2.05) is 80.6 Å². The summed E-state index contributed by atoms with van der Waals surface area (Å²) in [7, 11) is 0. The standard InChI is InChI=1S/C28H25ClN4O2/c1-18-7-6-10-22(17-18)26-31-27(35-32-26)24-19(2)33(16-15-20-8-4-3-5-9-20)28(34)30-25(24)21-11-13-23(29)14-12-21/h3-14,17,25H,15-16H2,1-2H3,(H,30,34). The van der Waals surface area contributed by atoms with E-state index in [4.69, 9.17) is 21.1 Å². The molecule has 0 fully saturated rings. The topological polar surface area (TPSA) is 71.3 Å². The molecule has 0 radical (unpaired) electrons. The summed E-state index contributed by atoms with van der Waals surface area (Å²) >= 11 is 6.12. The molecule has 6 nitrogen and oxygen atoms in total. The van der Waals surface area contributed by atoms with Gasteiger partial charge in [-0.15, -0.1) is 0 Å². The highest BCUT2D eigenvalue weighted by Crippen LogP contribution is 2.37. The van der Waals surface area contributed by atoms with E-state index in [0.29, 0.717) is 23.3 Å². The molecule has 3 aromatic carbocycles. The summed E-state index contributed by atoms with van der Waals surface area (Å²) in [6, 6.07) is 24.9. The van der Waals surface area contributed by atoms with E-state index >= 15 is 0 Å². The average Bonchev–Trinajstić information content (AvgIpc) is 3.34. The Morgan fingerprint density at radius 1 is 1.00 bits per heavy atom. The fraction of sp³-hybridized carbons (Fsp3) is 0.179. The van der Waals surface area contributed by atoms with Crippen LogP contribution in [0, 0.1) is 6.92 Å². The Hall–Kier alpha value is -3.90. The number of urea groups is 1. The molecule has 176 valence electrons. The predicted octanol–water partition coefficient (Wildman–Crippen LogP) is 6.44. The van der Waals surface area contributed by atoms with Crippen molar-refractivity contribution in [3.05, 3.63) is 112 Å². The number of aryl methyl sites for hydroxylation is 1. The van der Waals surface area contributed by atoms with E-state index in [2.05, 4.69) is 22.6 Å². The van der Waals surface area contributed by atoms with Gasteiger partial charge in [0.25, 0.3) is 5.89 Å². The molecule has 2 heterocycles. The number of carbonyl (C=O) groups excluding carboxylic acids is 1. The molecule has 0 saturated carbocycles. The van der Waals surface area contributed by atoms with Crippen LogP contribution in [0.5, 0.6) is 0 Å². The van der Waals surface area contributed by atoms with Gasteiger partial charge in [-0.2, -0.15) is 4.98 Å². The molecule has 0 spiro atoms. The van der Waals surface area contributed by atoms with Crippen LogP contribution in [0.3, 0.4) is 0 Å². The number of allylic oxidation sites excluding steroid dienone is 1. The van der Waals surface area contributed by atoms with Crippen molar-refractivity contribution in [2.24, 2.45) is 0 Å². The van der Waals surface area contributed by atoms with E-state index in [-0.39, 0.29) is 6.03 Å². The Balaban J connectivity index is 1.55. The first-order valence-corrected chi connectivity index (χ1v) is 11.9. The third kappa shape index (κ3) is 4.84. The number of rotatable bonds is 6. The second-order valence-corrected chi connectivity index (χ2v) is 9.05. The molecule has 4 aromatic rings. The first-order chi connectivity index (χ1) is 17.0. The largest absolute Gasteiger partial charge is 0.334 e. The maximum atomic E-state index is 13.2. The minimum absolute atomic E-state index is 0.166. The van der Waals surface area contributed by atoms with E-state index in [0.717, 1.165) is 39.9 Å². The Labute approximate surface area is 209 Å². The molecule has 35 heavy (non-hydrogen) atoms. The van der Waals surface area contributed by atoms with Crippen molar-refractivity contribution in [1.82, 2.24) is 20.4 Å². The second-order valence-electron chi connectivity index (χ2n) is 8.61. The van der Waals surface area contributed by atoms with Gasteiger partial charge in [-0.1, -0.05) is 83.0 Å². The highest BCUT2D eigenvalue weighted by Gasteiger charge is 2.35. The maximum Gasteiger partial charge on any atom is 0.322 e. The molecule has 5 rings (SSSR count). The molecule has 1 aliphatic rings. The first kappa shape index (κ1) is 22.9. The summed E-state index contributed by atoms with van der Waals surface area (Å²) in [4.78, 5) is 19.7. The average molecular weight is 485 g/mol. The Bertz CT molecular complexity index is 1380. The lowest BCUT2D eigenvalue weighted by atomic mass is 9.94. The monoisotopic (exact) mass is 484 g/mol. The van der Waals surface area contributed by atoms with Crippen LogP contribution in [0.1, 0.15) is 35.5 Å². The number of nitrogens with zero attached hydrogens (tertiary/aromatic N) is 3. The minimum Gasteiger partial charge on any atom is -0.334 e. The SMILES string of the molecule is CC1=C(c2nc(-c3cccc(C)c3)no2)C(c2ccc(Cl)cc2)NC(=O)N1CCc1ccccc1. The van der Waals surface area contributed by atoms with Crippen LogP contribution in [-0.2, 0) is 6.42 Å². The Kier molecular flexibility index (Phi) is 6.38. The van der Waals surface area contributed by atoms with Gasteiger partial charge in [0.15, 0.2) is 0 Å². The number of carbonyl (C=O) groups is 1. The van der Waals surface area contributed by atoms with Gasteiger partial charge in [0.05, 0.1) is 11.6 Å². The number of hydrogen-bond acceptors (Lipinski definition) is 4. The van der Waals surface area contributed by atoms with E-state index in [1.54, 1.807) is 4.90 Å². The fourth-order valence-electron chi connectivity index (χ4n) is 4.35. The lowest BCUT2D eigenvalue weighted by Gasteiger charge is -2.35. The summed E-state index contributed by atoms with van der Waals surface area (Å²) in [6.45, 7) is 4.48. The molecule has 0 saturated heterocycles. The lowest BCUT2D eigenvalue weighted by Crippen LogP contribution is -2.46. The van der Waals surface area contributed by atoms with Gasteiger partial charge < -0.3 is 9.84 Å². The number of amides is 2. The predicted molar refractivity (Wildman–Crippen MR) is 137 cm³/mol. The van der Waals surface area contributed by atoms with Crippen LogP contribution in [0.4, 0.5) is 4.79 Å². The summed E-state index contributed by atoms with van der Waals surface area (Å²) in [5.74, 6) is 0.884. The summed E-state index contributed by atoms with van der Waals surface area (Å²) in [6.07, 6.45) is 0.725. The van der Waals surface area contributed by atoms with E-state index in [9.17, 15) is 4.79 Å². The maximum absolute atomic E-state index is 13.2. The van der Waals surface area contributed by atoms with Crippen LogP contribution >= 0.6 is 11.6 Å². The van der Waals surface area contributed by atoms with Gasteiger partial charge in [-0.3, -0.25) is 4.90 Å². The molecule has 1 unspecified atom stereocenters. The summed E-state index contributed by atoms with van der Waals surface area (Å²) < 4.78 is 5.77. The minimum atomic E-state index is -0.446. The van der Waals surface area contributed by atoms with Crippen molar-refractivity contribution in [2.45, 2.75) is 26.3 Å². The van der Waals surface area contributed by atoms with Gasteiger partial charge in [0.2, 0.25) is 5.82 Å².